The quantitative estimate of drug-likeness (QED) is 0.848. The first-order valence-corrected chi connectivity index (χ1v) is 7.06. The zero-order valence-electron chi connectivity index (χ0n) is 10.3. The number of aromatic nitrogens is 3. The molecule has 0 bridgehead atoms. The minimum atomic E-state index is 0.271. The summed E-state index contributed by atoms with van der Waals surface area (Å²) < 4.78 is 11.0. The second-order valence-electron chi connectivity index (χ2n) is 4.36. The van der Waals surface area contributed by atoms with Crippen LogP contribution in [0, 0.1) is 0 Å². The number of thiazole rings is 1. The predicted molar refractivity (Wildman–Crippen MR) is 66.8 cm³/mol. The summed E-state index contributed by atoms with van der Waals surface area (Å²) >= 11 is 1.68. The molecular formula is C12H15N3O2S. The average molecular weight is 265 g/mol. The van der Waals surface area contributed by atoms with Crippen LogP contribution in [0.25, 0.3) is 0 Å². The van der Waals surface area contributed by atoms with Crippen LogP contribution >= 0.6 is 11.3 Å². The van der Waals surface area contributed by atoms with E-state index in [1.807, 2.05) is 0 Å². The topological polar surface area (TPSA) is 61.0 Å². The van der Waals surface area contributed by atoms with Crippen LogP contribution in [0.3, 0.4) is 0 Å². The van der Waals surface area contributed by atoms with Gasteiger partial charge in [0.15, 0.2) is 0 Å². The van der Waals surface area contributed by atoms with Crippen LogP contribution in [0.1, 0.15) is 41.7 Å². The van der Waals surface area contributed by atoms with Crippen molar-refractivity contribution in [3.05, 3.63) is 27.9 Å². The van der Waals surface area contributed by atoms with Gasteiger partial charge in [0.05, 0.1) is 29.6 Å². The fourth-order valence-electron chi connectivity index (χ4n) is 1.98. The van der Waals surface area contributed by atoms with Crippen molar-refractivity contribution in [3.8, 4) is 0 Å². The second kappa shape index (κ2) is 5.16. The van der Waals surface area contributed by atoms with Crippen molar-refractivity contribution >= 4 is 11.3 Å². The molecule has 96 valence electrons. The summed E-state index contributed by atoms with van der Waals surface area (Å²) in [5, 5.41) is 11.4. The number of aryl methyl sites for hydroxylation is 1. The summed E-state index contributed by atoms with van der Waals surface area (Å²) in [6.07, 6.45) is 2.56. The van der Waals surface area contributed by atoms with Crippen LogP contribution in [0.2, 0.25) is 0 Å². The zero-order chi connectivity index (χ0) is 12.4. The number of rotatable bonds is 4. The summed E-state index contributed by atoms with van der Waals surface area (Å²) in [4.78, 5) is 4.50. The van der Waals surface area contributed by atoms with Gasteiger partial charge in [-0.25, -0.2) is 4.98 Å². The molecule has 6 heteroatoms. The minimum absolute atomic E-state index is 0.271. The maximum absolute atomic E-state index is 5.68. The van der Waals surface area contributed by atoms with Gasteiger partial charge in [-0.1, -0.05) is 6.92 Å². The molecule has 1 aliphatic heterocycles. The van der Waals surface area contributed by atoms with Gasteiger partial charge in [0.1, 0.15) is 0 Å². The summed E-state index contributed by atoms with van der Waals surface area (Å²) in [5.41, 5.74) is 1.01. The fourth-order valence-corrected chi connectivity index (χ4v) is 2.72. The normalized spacial score (nSPS) is 19.5. The van der Waals surface area contributed by atoms with Crippen LogP contribution < -0.4 is 0 Å². The molecule has 0 amide bonds. The Labute approximate surface area is 109 Å². The van der Waals surface area contributed by atoms with Crippen LogP contribution in [-0.2, 0) is 17.6 Å². The van der Waals surface area contributed by atoms with E-state index in [-0.39, 0.29) is 5.92 Å². The van der Waals surface area contributed by atoms with Crippen molar-refractivity contribution in [1.29, 1.82) is 0 Å². The standard InChI is InChI=1S/C12H15N3O2S/c1-2-11-13-9(7-18-11)5-10-14-15-12(17-10)8-3-4-16-6-8/h7-8H,2-6H2,1H3/t8-/m1/s1. The Morgan fingerprint density at radius 2 is 2.39 bits per heavy atom. The van der Waals surface area contributed by atoms with Crippen molar-refractivity contribution in [2.75, 3.05) is 13.2 Å². The fraction of sp³-hybridized carbons (Fsp3) is 0.583. The van der Waals surface area contributed by atoms with Gasteiger partial charge in [-0.2, -0.15) is 0 Å². The molecule has 0 spiro atoms. The minimum Gasteiger partial charge on any atom is -0.424 e. The highest BCUT2D eigenvalue weighted by atomic mass is 32.1. The van der Waals surface area contributed by atoms with E-state index in [9.17, 15) is 0 Å². The predicted octanol–water partition coefficient (Wildman–Crippen LogP) is 2.18. The third-order valence-electron chi connectivity index (χ3n) is 3.00. The number of ether oxygens (including phenoxy) is 1. The van der Waals surface area contributed by atoms with E-state index >= 15 is 0 Å². The third-order valence-corrected chi connectivity index (χ3v) is 4.04. The Hall–Kier alpha value is -1.27. The molecule has 1 atom stereocenters. The summed E-state index contributed by atoms with van der Waals surface area (Å²) in [5.74, 6) is 1.62. The molecule has 2 aromatic rings. The largest absolute Gasteiger partial charge is 0.424 e. The molecule has 0 saturated carbocycles. The van der Waals surface area contributed by atoms with Crippen molar-refractivity contribution in [2.45, 2.75) is 32.1 Å². The second-order valence-corrected chi connectivity index (χ2v) is 5.30. The molecule has 1 fully saturated rings. The number of hydrogen-bond donors (Lipinski definition) is 0. The monoisotopic (exact) mass is 265 g/mol. The molecule has 1 aliphatic rings. The van der Waals surface area contributed by atoms with E-state index in [0.29, 0.717) is 24.8 Å². The number of hydrogen-bond acceptors (Lipinski definition) is 6. The van der Waals surface area contributed by atoms with E-state index in [4.69, 9.17) is 9.15 Å². The van der Waals surface area contributed by atoms with E-state index in [2.05, 4.69) is 27.5 Å². The molecule has 0 aromatic carbocycles. The Bertz CT molecular complexity index is 517. The first-order chi connectivity index (χ1) is 8.85. The Morgan fingerprint density at radius 1 is 1.44 bits per heavy atom. The average Bonchev–Trinajstić information content (AvgIpc) is 3.10. The van der Waals surface area contributed by atoms with E-state index < -0.39 is 0 Å². The van der Waals surface area contributed by atoms with Crippen LogP contribution in [-0.4, -0.2) is 28.4 Å². The highest BCUT2D eigenvalue weighted by Crippen LogP contribution is 2.24. The lowest BCUT2D eigenvalue weighted by atomic mass is 10.1. The van der Waals surface area contributed by atoms with Crippen molar-refractivity contribution in [1.82, 2.24) is 15.2 Å². The van der Waals surface area contributed by atoms with E-state index in [0.717, 1.165) is 30.2 Å². The Kier molecular flexibility index (Phi) is 3.38. The van der Waals surface area contributed by atoms with E-state index in [1.165, 1.54) is 0 Å². The Morgan fingerprint density at radius 3 is 3.11 bits per heavy atom. The molecule has 0 radical (unpaired) electrons. The third kappa shape index (κ3) is 2.44. The van der Waals surface area contributed by atoms with E-state index in [1.54, 1.807) is 11.3 Å². The summed E-state index contributed by atoms with van der Waals surface area (Å²) in [6, 6.07) is 0. The first kappa shape index (κ1) is 11.8. The van der Waals surface area contributed by atoms with Gasteiger partial charge in [-0.15, -0.1) is 21.5 Å². The lowest BCUT2D eigenvalue weighted by Gasteiger charge is -1.98. The molecule has 0 N–H and O–H groups in total. The van der Waals surface area contributed by atoms with Gasteiger partial charge >= 0.3 is 0 Å². The maximum atomic E-state index is 5.68. The zero-order valence-corrected chi connectivity index (χ0v) is 11.1. The molecule has 2 aromatic heterocycles. The van der Waals surface area contributed by atoms with Gasteiger partial charge < -0.3 is 9.15 Å². The SMILES string of the molecule is CCc1nc(Cc2nnc([C@@H]3CCOC3)o2)cs1. The highest BCUT2D eigenvalue weighted by molar-refractivity contribution is 7.09. The molecule has 3 rings (SSSR count). The molecule has 0 unspecified atom stereocenters. The van der Waals surface area contributed by atoms with Gasteiger partial charge in [-0.3, -0.25) is 0 Å². The van der Waals surface area contributed by atoms with Crippen LogP contribution in [0.15, 0.2) is 9.80 Å². The molecule has 1 saturated heterocycles. The van der Waals surface area contributed by atoms with Gasteiger partial charge in [-0.05, 0) is 12.8 Å². The molecule has 18 heavy (non-hydrogen) atoms. The Balaban J connectivity index is 1.69. The van der Waals surface area contributed by atoms with Crippen molar-refractivity contribution in [2.24, 2.45) is 0 Å². The van der Waals surface area contributed by atoms with Gasteiger partial charge in [0.2, 0.25) is 11.8 Å². The molecular weight excluding hydrogens is 250 g/mol. The van der Waals surface area contributed by atoms with Crippen LogP contribution in [0.5, 0.6) is 0 Å². The highest BCUT2D eigenvalue weighted by Gasteiger charge is 2.23. The molecule has 5 nitrogen and oxygen atoms in total. The smallest absolute Gasteiger partial charge is 0.222 e. The summed E-state index contributed by atoms with van der Waals surface area (Å²) in [7, 11) is 0. The lowest BCUT2D eigenvalue weighted by Crippen LogP contribution is -1.97. The summed E-state index contributed by atoms with van der Waals surface area (Å²) in [6.45, 7) is 3.58. The van der Waals surface area contributed by atoms with Crippen molar-refractivity contribution < 1.29 is 9.15 Å². The molecule has 0 aliphatic carbocycles. The number of nitrogens with zero attached hydrogens (tertiary/aromatic N) is 3. The van der Waals surface area contributed by atoms with Crippen LogP contribution in [0.4, 0.5) is 0 Å². The first-order valence-electron chi connectivity index (χ1n) is 6.18. The maximum Gasteiger partial charge on any atom is 0.222 e. The van der Waals surface area contributed by atoms with Crippen molar-refractivity contribution in [3.63, 3.8) is 0 Å². The molecule has 3 heterocycles. The lowest BCUT2D eigenvalue weighted by molar-refractivity contribution is 0.190. The van der Waals surface area contributed by atoms with Gasteiger partial charge in [0.25, 0.3) is 0 Å². The van der Waals surface area contributed by atoms with Gasteiger partial charge in [0, 0.05) is 12.0 Å².